The highest BCUT2D eigenvalue weighted by Gasteiger charge is 2.37. The third kappa shape index (κ3) is 6.98. The van der Waals surface area contributed by atoms with Crippen molar-refractivity contribution in [3.8, 4) is 17.2 Å². The van der Waals surface area contributed by atoms with Crippen LogP contribution in [0.3, 0.4) is 0 Å². The largest absolute Gasteiger partial charge is 0.493 e. The molecule has 0 aromatic heterocycles. The first kappa shape index (κ1) is 30.3. The molecule has 1 heterocycles. The molecule has 3 aromatic rings. The lowest BCUT2D eigenvalue weighted by atomic mass is 10.1. The number of hydrogen-bond acceptors (Lipinski definition) is 7. The molecular formula is C31H30BrN3O7. The summed E-state index contributed by atoms with van der Waals surface area (Å²) in [5.74, 6) is -1.06. The number of imide groups is 2. The normalized spacial score (nSPS) is 14.1. The summed E-state index contributed by atoms with van der Waals surface area (Å²) in [4.78, 5) is 52.5. The van der Waals surface area contributed by atoms with Crippen molar-refractivity contribution in [1.82, 2.24) is 5.32 Å². The van der Waals surface area contributed by atoms with E-state index in [0.717, 1.165) is 22.4 Å². The number of amides is 5. The number of carbonyl (C=O) groups excluding carboxylic acids is 4. The number of hydrogen-bond donors (Lipinski definition) is 2. The average molecular weight is 636 g/mol. The third-order valence-corrected chi connectivity index (χ3v) is 6.88. The third-order valence-electron chi connectivity index (χ3n) is 6.39. The molecule has 1 saturated heterocycles. The van der Waals surface area contributed by atoms with E-state index >= 15 is 0 Å². The van der Waals surface area contributed by atoms with Crippen LogP contribution in [0.15, 0.2) is 64.6 Å². The van der Waals surface area contributed by atoms with Crippen molar-refractivity contribution in [2.75, 3.05) is 30.5 Å². The second kappa shape index (κ2) is 13.3. The molecule has 0 saturated carbocycles. The van der Waals surface area contributed by atoms with Gasteiger partial charge in [-0.2, -0.15) is 0 Å². The maximum absolute atomic E-state index is 13.5. The molecule has 0 spiro atoms. The zero-order chi connectivity index (χ0) is 30.4. The van der Waals surface area contributed by atoms with Gasteiger partial charge in [0.05, 0.1) is 19.4 Å². The Kier molecular flexibility index (Phi) is 9.64. The molecule has 5 amide bonds. The lowest BCUT2D eigenvalue weighted by Gasteiger charge is -2.27. The number of benzene rings is 3. The molecule has 0 radical (unpaired) electrons. The summed E-state index contributed by atoms with van der Waals surface area (Å²) in [6.07, 6.45) is 2.10. The summed E-state index contributed by atoms with van der Waals surface area (Å²) >= 11 is 3.39. The minimum Gasteiger partial charge on any atom is -0.493 e. The van der Waals surface area contributed by atoms with Crippen molar-refractivity contribution in [1.29, 1.82) is 0 Å². The summed E-state index contributed by atoms with van der Waals surface area (Å²) in [6, 6.07) is 14.2. The zero-order valence-corrected chi connectivity index (χ0v) is 25.2. The zero-order valence-electron chi connectivity index (χ0n) is 23.6. The maximum atomic E-state index is 13.5. The summed E-state index contributed by atoms with van der Waals surface area (Å²) in [6.45, 7) is 6.04. The van der Waals surface area contributed by atoms with Crippen molar-refractivity contribution < 1.29 is 33.4 Å². The number of ether oxygens (including phenoxy) is 3. The van der Waals surface area contributed by atoms with Crippen LogP contribution in [-0.2, 0) is 14.4 Å². The first-order chi connectivity index (χ1) is 20.1. The van der Waals surface area contributed by atoms with Crippen molar-refractivity contribution in [3.63, 3.8) is 0 Å². The van der Waals surface area contributed by atoms with Crippen LogP contribution in [0.1, 0.15) is 30.0 Å². The smallest absolute Gasteiger partial charge is 0.335 e. The minimum absolute atomic E-state index is 0.185. The summed E-state index contributed by atoms with van der Waals surface area (Å²) < 4.78 is 17.4. The van der Waals surface area contributed by atoms with Crippen LogP contribution in [0.4, 0.5) is 16.2 Å². The second-order valence-corrected chi connectivity index (χ2v) is 10.4. The Morgan fingerprint density at radius 1 is 0.952 bits per heavy atom. The van der Waals surface area contributed by atoms with Crippen LogP contribution in [0.25, 0.3) is 6.08 Å². The predicted octanol–water partition coefficient (Wildman–Crippen LogP) is 5.55. The molecule has 2 N–H and O–H groups in total. The SMILES string of the molecule is CCCOc1ccc(N2C(=O)NC(=O)/C(=C/c3cc(Br)ccc3OCC(=O)Nc3ccc(C)c(C)c3)C2=O)cc1OC. The number of nitrogens with zero attached hydrogens (tertiary/aromatic N) is 1. The fourth-order valence-corrected chi connectivity index (χ4v) is 4.48. The van der Waals surface area contributed by atoms with Gasteiger partial charge in [-0.3, -0.25) is 19.7 Å². The highest BCUT2D eigenvalue weighted by Crippen LogP contribution is 2.34. The van der Waals surface area contributed by atoms with Crippen LogP contribution in [0.2, 0.25) is 0 Å². The molecule has 1 aliphatic heterocycles. The van der Waals surface area contributed by atoms with Crippen molar-refractivity contribution in [3.05, 3.63) is 81.3 Å². The Hall–Kier alpha value is -4.64. The number of methoxy groups -OCH3 is 1. The van der Waals surface area contributed by atoms with E-state index in [0.29, 0.717) is 33.8 Å². The number of nitrogens with one attached hydrogen (secondary N) is 2. The molecule has 0 aliphatic carbocycles. The average Bonchev–Trinajstić information content (AvgIpc) is 2.95. The molecule has 11 heteroatoms. The van der Waals surface area contributed by atoms with Crippen molar-refractivity contribution in [2.45, 2.75) is 27.2 Å². The molecule has 0 atom stereocenters. The van der Waals surface area contributed by atoms with E-state index in [-0.39, 0.29) is 29.5 Å². The first-order valence-corrected chi connectivity index (χ1v) is 13.9. The van der Waals surface area contributed by atoms with E-state index in [1.54, 1.807) is 30.3 Å². The van der Waals surface area contributed by atoms with Crippen LogP contribution >= 0.6 is 15.9 Å². The van der Waals surface area contributed by atoms with Gasteiger partial charge in [0.2, 0.25) is 0 Å². The Morgan fingerprint density at radius 2 is 1.71 bits per heavy atom. The van der Waals surface area contributed by atoms with E-state index in [1.165, 1.54) is 25.3 Å². The fraction of sp³-hybridized carbons (Fsp3) is 0.226. The lowest BCUT2D eigenvalue weighted by molar-refractivity contribution is -0.122. The summed E-state index contributed by atoms with van der Waals surface area (Å²) in [5.41, 5.74) is 3.01. The van der Waals surface area contributed by atoms with Gasteiger partial charge in [0.1, 0.15) is 11.3 Å². The number of barbiturate groups is 1. The van der Waals surface area contributed by atoms with Gasteiger partial charge >= 0.3 is 6.03 Å². The number of urea groups is 1. The molecule has 4 rings (SSSR count). The van der Waals surface area contributed by atoms with Gasteiger partial charge in [0, 0.05) is 21.8 Å². The van der Waals surface area contributed by atoms with Crippen LogP contribution in [0, 0.1) is 13.8 Å². The highest BCUT2D eigenvalue weighted by atomic mass is 79.9. The van der Waals surface area contributed by atoms with Gasteiger partial charge in [-0.15, -0.1) is 0 Å². The molecule has 0 unspecified atom stereocenters. The topological polar surface area (TPSA) is 123 Å². The Balaban J connectivity index is 1.58. The van der Waals surface area contributed by atoms with Gasteiger partial charge in [-0.25, -0.2) is 9.69 Å². The van der Waals surface area contributed by atoms with E-state index in [9.17, 15) is 19.2 Å². The Labute approximate surface area is 251 Å². The van der Waals surface area contributed by atoms with Gasteiger partial charge in [0.25, 0.3) is 17.7 Å². The van der Waals surface area contributed by atoms with Crippen LogP contribution in [-0.4, -0.2) is 44.1 Å². The number of halogens is 1. The second-order valence-electron chi connectivity index (χ2n) is 9.46. The Morgan fingerprint density at radius 3 is 2.43 bits per heavy atom. The number of anilines is 2. The molecular weight excluding hydrogens is 606 g/mol. The molecule has 42 heavy (non-hydrogen) atoms. The fourth-order valence-electron chi connectivity index (χ4n) is 4.10. The van der Waals surface area contributed by atoms with Gasteiger partial charge in [0.15, 0.2) is 18.1 Å². The number of aryl methyl sites for hydroxylation is 2. The van der Waals surface area contributed by atoms with Gasteiger partial charge in [-0.1, -0.05) is 28.9 Å². The molecule has 10 nitrogen and oxygen atoms in total. The highest BCUT2D eigenvalue weighted by molar-refractivity contribution is 9.10. The molecule has 1 fully saturated rings. The summed E-state index contributed by atoms with van der Waals surface area (Å²) in [7, 11) is 1.45. The van der Waals surface area contributed by atoms with Crippen LogP contribution in [0.5, 0.6) is 17.2 Å². The van der Waals surface area contributed by atoms with E-state index in [2.05, 4.69) is 26.6 Å². The monoisotopic (exact) mass is 635 g/mol. The van der Waals surface area contributed by atoms with E-state index < -0.39 is 17.8 Å². The molecule has 1 aliphatic rings. The molecule has 218 valence electrons. The van der Waals surface area contributed by atoms with Gasteiger partial charge in [-0.05, 0) is 79.9 Å². The standard InChI is InChI=1S/C31H30BrN3O7/c1-5-12-41-26-11-9-23(16-27(26)40-4)35-30(38)24(29(37)34-31(35)39)15-20-14-21(32)7-10-25(20)42-17-28(36)33-22-8-6-18(2)19(3)13-22/h6-11,13-16H,5,12,17H2,1-4H3,(H,33,36)(H,34,37,39)/b24-15-. The lowest BCUT2D eigenvalue weighted by Crippen LogP contribution is -2.54. The number of rotatable bonds is 10. The molecule has 0 bridgehead atoms. The maximum Gasteiger partial charge on any atom is 0.335 e. The first-order valence-electron chi connectivity index (χ1n) is 13.1. The quantitative estimate of drug-likeness (QED) is 0.221. The van der Waals surface area contributed by atoms with E-state index in [1.807, 2.05) is 32.9 Å². The predicted molar refractivity (Wildman–Crippen MR) is 162 cm³/mol. The number of carbonyl (C=O) groups is 4. The summed E-state index contributed by atoms with van der Waals surface area (Å²) in [5, 5.41) is 4.99. The van der Waals surface area contributed by atoms with Crippen LogP contribution < -0.4 is 29.7 Å². The van der Waals surface area contributed by atoms with E-state index in [4.69, 9.17) is 14.2 Å². The van der Waals surface area contributed by atoms with Crippen molar-refractivity contribution in [2.24, 2.45) is 0 Å². The van der Waals surface area contributed by atoms with Gasteiger partial charge < -0.3 is 19.5 Å². The molecule has 3 aromatic carbocycles. The minimum atomic E-state index is -0.903. The Bertz CT molecular complexity index is 1580. The van der Waals surface area contributed by atoms with Crippen molar-refractivity contribution >= 4 is 57.1 Å².